The third kappa shape index (κ3) is 5.46. The lowest BCUT2D eigenvalue weighted by Crippen LogP contribution is -2.48. The van der Waals surface area contributed by atoms with Crippen LogP contribution < -0.4 is 5.32 Å². The van der Waals surface area contributed by atoms with Gasteiger partial charge in [-0.1, -0.05) is 12.1 Å². The first-order valence-electron chi connectivity index (χ1n) is 10.4. The largest absolute Gasteiger partial charge is 0.345 e. The summed E-state index contributed by atoms with van der Waals surface area (Å²) in [5, 5.41) is 4.07. The number of aromatic nitrogens is 1. The molecule has 0 radical (unpaired) electrons. The van der Waals surface area contributed by atoms with Crippen LogP contribution in [0, 0.1) is 0 Å². The maximum absolute atomic E-state index is 12.4. The maximum Gasteiger partial charge on any atom is 0.253 e. The van der Waals surface area contributed by atoms with Crippen LogP contribution in [0.5, 0.6) is 0 Å². The number of thiazole rings is 1. The summed E-state index contributed by atoms with van der Waals surface area (Å²) in [6.07, 6.45) is 0. The lowest BCUT2D eigenvalue weighted by Gasteiger charge is -2.33. The van der Waals surface area contributed by atoms with Crippen LogP contribution in [0.4, 0.5) is 5.69 Å². The quantitative estimate of drug-likeness (QED) is 0.642. The molecule has 2 amide bonds. The van der Waals surface area contributed by atoms with Crippen LogP contribution in [0.1, 0.15) is 15.4 Å². The Morgan fingerprint density at radius 1 is 1.00 bits per heavy atom. The van der Waals surface area contributed by atoms with Gasteiger partial charge in [0.25, 0.3) is 5.91 Å². The van der Waals surface area contributed by atoms with E-state index in [0.29, 0.717) is 17.8 Å². The van der Waals surface area contributed by atoms with Crippen LogP contribution in [-0.4, -0.2) is 78.3 Å². The Labute approximate surface area is 186 Å². The number of hydrogen-bond acceptors (Lipinski definition) is 6. The number of anilines is 1. The molecule has 0 saturated carbocycles. The Kier molecular flexibility index (Phi) is 6.60. The summed E-state index contributed by atoms with van der Waals surface area (Å²) in [4.78, 5) is 35.2. The van der Waals surface area contributed by atoms with Gasteiger partial charge in [0.2, 0.25) is 5.91 Å². The number of para-hydroxylation sites is 1. The minimum absolute atomic E-state index is 0.0358. The van der Waals surface area contributed by atoms with Crippen LogP contribution in [0.25, 0.3) is 10.2 Å². The fraction of sp³-hybridized carbons (Fsp3) is 0.348. The van der Waals surface area contributed by atoms with Crippen molar-refractivity contribution in [1.82, 2.24) is 19.7 Å². The molecule has 0 unspecified atom stereocenters. The highest BCUT2D eigenvalue weighted by Gasteiger charge is 2.20. The molecule has 1 aliphatic rings. The second-order valence-corrected chi connectivity index (χ2v) is 9.07. The number of rotatable bonds is 6. The first-order valence-corrected chi connectivity index (χ1v) is 11.2. The molecule has 0 atom stereocenters. The van der Waals surface area contributed by atoms with Crippen LogP contribution in [-0.2, 0) is 11.3 Å². The summed E-state index contributed by atoms with van der Waals surface area (Å²) in [6.45, 7) is 4.78. The summed E-state index contributed by atoms with van der Waals surface area (Å²) in [6, 6.07) is 15.2. The number of benzene rings is 2. The van der Waals surface area contributed by atoms with Gasteiger partial charge in [-0.25, -0.2) is 4.98 Å². The van der Waals surface area contributed by atoms with Crippen LogP contribution in [0.2, 0.25) is 0 Å². The van der Waals surface area contributed by atoms with E-state index in [2.05, 4.69) is 27.2 Å². The van der Waals surface area contributed by atoms with Gasteiger partial charge in [0.15, 0.2) is 0 Å². The molecule has 2 heterocycles. The van der Waals surface area contributed by atoms with Crippen molar-refractivity contribution in [3.63, 3.8) is 0 Å². The van der Waals surface area contributed by atoms with Crippen LogP contribution in [0.3, 0.4) is 0 Å². The van der Waals surface area contributed by atoms with Gasteiger partial charge in [-0.05, 0) is 36.4 Å². The Hall–Kier alpha value is -2.81. The van der Waals surface area contributed by atoms with Crippen molar-refractivity contribution >= 4 is 39.1 Å². The maximum atomic E-state index is 12.4. The van der Waals surface area contributed by atoms with Gasteiger partial charge in [-0.3, -0.25) is 19.4 Å². The Morgan fingerprint density at radius 3 is 2.35 bits per heavy atom. The smallest absolute Gasteiger partial charge is 0.253 e. The highest BCUT2D eigenvalue weighted by Crippen LogP contribution is 2.23. The first kappa shape index (κ1) is 21.4. The molecule has 1 N–H and O–H groups in total. The van der Waals surface area contributed by atoms with Crippen molar-refractivity contribution in [2.75, 3.05) is 52.1 Å². The summed E-state index contributed by atoms with van der Waals surface area (Å²) < 4.78 is 1.23. The fourth-order valence-corrected chi connectivity index (χ4v) is 4.65. The number of amides is 2. The molecular formula is C23H27N5O2S. The summed E-state index contributed by atoms with van der Waals surface area (Å²) >= 11 is 1.75. The Bertz CT molecular complexity index is 1020. The predicted molar refractivity (Wildman–Crippen MR) is 124 cm³/mol. The highest BCUT2D eigenvalue weighted by atomic mass is 32.1. The minimum Gasteiger partial charge on any atom is -0.345 e. The second-order valence-electron chi connectivity index (χ2n) is 7.95. The molecule has 0 aliphatic carbocycles. The molecule has 3 aromatic rings. The zero-order chi connectivity index (χ0) is 21.8. The van der Waals surface area contributed by atoms with E-state index in [1.807, 2.05) is 12.1 Å². The SMILES string of the molecule is CN(C)C(=O)c1ccc(NC(=O)CN2CCN(Cc3nc4ccccc4s3)CC2)cc1. The van der Waals surface area contributed by atoms with Gasteiger partial charge >= 0.3 is 0 Å². The lowest BCUT2D eigenvalue weighted by molar-refractivity contribution is -0.117. The van der Waals surface area contributed by atoms with Gasteiger partial charge in [-0.15, -0.1) is 11.3 Å². The average Bonchev–Trinajstić information content (AvgIpc) is 3.17. The molecular weight excluding hydrogens is 410 g/mol. The number of carbonyl (C=O) groups excluding carboxylic acids is 2. The van der Waals surface area contributed by atoms with Gasteiger partial charge in [0.1, 0.15) is 5.01 Å². The zero-order valence-corrected chi connectivity index (χ0v) is 18.7. The molecule has 0 spiro atoms. The molecule has 1 saturated heterocycles. The van der Waals surface area contributed by atoms with Gasteiger partial charge < -0.3 is 10.2 Å². The summed E-state index contributed by atoms with van der Waals surface area (Å²) in [7, 11) is 3.44. The van der Waals surface area contributed by atoms with Crippen molar-refractivity contribution < 1.29 is 9.59 Å². The van der Waals surface area contributed by atoms with Gasteiger partial charge in [0.05, 0.1) is 23.3 Å². The molecule has 7 nitrogen and oxygen atoms in total. The molecule has 162 valence electrons. The van der Waals surface area contributed by atoms with Crippen molar-refractivity contribution in [2.45, 2.75) is 6.54 Å². The van der Waals surface area contributed by atoms with E-state index in [1.54, 1.807) is 49.7 Å². The van der Waals surface area contributed by atoms with E-state index >= 15 is 0 Å². The van der Waals surface area contributed by atoms with Crippen LogP contribution >= 0.6 is 11.3 Å². The third-order valence-electron chi connectivity index (χ3n) is 5.35. The molecule has 1 aromatic heterocycles. The van der Waals surface area contributed by atoms with Gasteiger partial charge in [0, 0.05) is 51.5 Å². The molecule has 4 rings (SSSR count). The van der Waals surface area contributed by atoms with Crippen LogP contribution in [0.15, 0.2) is 48.5 Å². The number of piperazine rings is 1. The summed E-state index contributed by atoms with van der Waals surface area (Å²) in [5.74, 6) is -0.0899. The highest BCUT2D eigenvalue weighted by molar-refractivity contribution is 7.18. The first-order chi connectivity index (χ1) is 15.0. The zero-order valence-electron chi connectivity index (χ0n) is 17.9. The number of nitrogens with one attached hydrogen (secondary N) is 1. The van der Waals surface area contributed by atoms with Gasteiger partial charge in [-0.2, -0.15) is 0 Å². The molecule has 31 heavy (non-hydrogen) atoms. The molecule has 2 aromatic carbocycles. The van der Waals surface area contributed by atoms with Crippen molar-refractivity contribution in [3.05, 3.63) is 59.1 Å². The monoisotopic (exact) mass is 437 g/mol. The third-order valence-corrected chi connectivity index (χ3v) is 6.37. The minimum atomic E-state index is -0.0541. The van der Waals surface area contributed by atoms with Crippen molar-refractivity contribution in [2.24, 2.45) is 0 Å². The average molecular weight is 438 g/mol. The predicted octanol–water partition coefficient (Wildman–Crippen LogP) is 2.75. The van der Waals surface area contributed by atoms with Crippen molar-refractivity contribution in [3.8, 4) is 0 Å². The molecule has 1 aliphatic heterocycles. The standard InChI is InChI=1S/C23H27N5O2S/c1-26(2)23(30)17-7-9-18(10-8-17)24-21(29)15-27-11-13-28(14-12-27)16-22-25-19-5-3-4-6-20(19)31-22/h3-10H,11-16H2,1-2H3,(H,24,29). The topological polar surface area (TPSA) is 68.8 Å². The number of hydrogen-bond donors (Lipinski definition) is 1. The number of carbonyl (C=O) groups is 2. The van der Waals surface area contributed by atoms with E-state index in [-0.39, 0.29) is 11.8 Å². The molecule has 8 heteroatoms. The fourth-order valence-electron chi connectivity index (χ4n) is 3.64. The van der Waals surface area contributed by atoms with E-state index < -0.39 is 0 Å². The Morgan fingerprint density at radius 2 is 1.68 bits per heavy atom. The molecule has 0 bridgehead atoms. The van der Waals surface area contributed by atoms with E-state index in [4.69, 9.17) is 4.98 Å². The van der Waals surface area contributed by atoms with E-state index in [1.165, 1.54) is 9.60 Å². The van der Waals surface area contributed by atoms with Crippen molar-refractivity contribution in [1.29, 1.82) is 0 Å². The second kappa shape index (κ2) is 9.55. The number of nitrogens with zero attached hydrogens (tertiary/aromatic N) is 4. The summed E-state index contributed by atoms with van der Waals surface area (Å²) in [5.41, 5.74) is 2.37. The van der Waals surface area contributed by atoms with E-state index in [0.717, 1.165) is 43.2 Å². The van der Waals surface area contributed by atoms with E-state index in [9.17, 15) is 9.59 Å². The Balaban J connectivity index is 1.23. The molecule has 1 fully saturated rings. The normalized spacial score (nSPS) is 15.2. The lowest BCUT2D eigenvalue weighted by atomic mass is 10.2. The number of fused-ring (bicyclic) bond motifs is 1.